The van der Waals surface area contributed by atoms with Crippen LogP contribution in [0.2, 0.25) is 0 Å². The zero-order valence-electron chi connectivity index (χ0n) is 11.8. The van der Waals surface area contributed by atoms with Gasteiger partial charge in [-0.1, -0.05) is 0 Å². The molecule has 0 aromatic rings. The van der Waals surface area contributed by atoms with Crippen LogP contribution in [-0.2, 0) is 0 Å². The molecule has 1 heterocycles. The number of nitrogens with zero attached hydrogens (tertiary/aromatic N) is 2. The van der Waals surface area contributed by atoms with E-state index in [9.17, 15) is 0 Å². The van der Waals surface area contributed by atoms with Crippen molar-refractivity contribution in [1.82, 2.24) is 15.5 Å². The van der Waals surface area contributed by atoms with Crippen molar-refractivity contribution in [2.45, 2.75) is 44.7 Å². The zero-order chi connectivity index (χ0) is 12.8. The Labute approximate surface area is 133 Å². The van der Waals surface area contributed by atoms with Gasteiger partial charge in [0.25, 0.3) is 0 Å². The minimum atomic E-state index is 0. The quantitative estimate of drug-likeness (QED) is 0.374. The molecule has 0 radical (unpaired) electrons. The first-order valence-corrected chi connectivity index (χ1v) is 7.23. The van der Waals surface area contributed by atoms with Gasteiger partial charge in [-0.3, -0.25) is 4.99 Å². The third-order valence-corrected chi connectivity index (χ3v) is 3.65. The van der Waals surface area contributed by atoms with Gasteiger partial charge < -0.3 is 20.6 Å². The van der Waals surface area contributed by atoms with E-state index in [0.717, 1.165) is 18.5 Å². The van der Waals surface area contributed by atoms with E-state index in [4.69, 9.17) is 5.11 Å². The molecule has 1 saturated carbocycles. The summed E-state index contributed by atoms with van der Waals surface area (Å²) in [4.78, 5) is 6.94. The van der Waals surface area contributed by atoms with Gasteiger partial charge in [-0.25, -0.2) is 0 Å². The summed E-state index contributed by atoms with van der Waals surface area (Å²) < 4.78 is 0. The summed E-state index contributed by atoms with van der Waals surface area (Å²) in [6.07, 6.45) is 5.19. The Morgan fingerprint density at radius 3 is 2.47 bits per heavy atom. The Morgan fingerprint density at radius 1 is 1.26 bits per heavy atom. The summed E-state index contributed by atoms with van der Waals surface area (Å²) in [5.74, 6) is 0.844. The van der Waals surface area contributed by atoms with Gasteiger partial charge in [-0.05, 0) is 32.6 Å². The number of likely N-dealkylation sites (tertiary alicyclic amines) is 1. The first-order valence-electron chi connectivity index (χ1n) is 7.23. The monoisotopic (exact) mass is 382 g/mol. The van der Waals surface area contributed by atoms with E-state index in [2.05, 4.69) is 27.4 Å². The van der Waals surface area contributed by atoms with Crippen molar-refractivity contribution in [2.24, 2.45) is 4.99 Å². The number of nitrogens with one attached hydrogen (secondary N) is 2. The molecule has 2 fully saturated rings. The molecule has 0 aromatic carbocycles. The van der Waals surface area contributed by atoms with Crippen LogP contribution in [0.3, 0.4) is 0 Å². The van der Waals surface area contributed by atoms with Crippen molar-refractivity contribution in [2.75, 3.05) is 32.8 Å². The highest BCUT2D eigenvalue weighted by atomic mass is 127. The average molecular weight is 382 g/mol. The highest BCUT2D eigenvalue weighted by Crippen LogP contribution is 2.29. The third kappa shape index (κ3) is 5.83. The molecule has 0 bridgehead atoms. The fourth-order valence-corrected chi connectivity index (χ4v) is 2.52. The SMILES string of the molecule is CCNC(=NCCO)NC1CCN(C2CC2)CC1.I. The summed E-state index contributed by atoms with van der Waals surface area (Å²) in [6, 6.07) is 1.42. The largest absolute Gasteiger partial charge is 0.394 e. The molecule has 0 spiro atoms. The normalized spacial score (nSPS) is 21.9. The molecule has 5 nitrogen and oxygen atoms in total. The number of halogens is 1. The Kier molecular flexibility index (Phi) is 8.01. The lowest BCUT2D eigenvalue weighted by Gasteiger charge is -2.33. The highest BCUT2D eigenvalue weighted by molar-refractivity contribution is 14.0. The lowest BCUT2D eigenvalue weighted by atomic mass is 10.1. The summed E-state index contributed by atoms with van der Waals surface area (Å²) in [5, 5.41) is 15.5. The van der Waals surface area contributed by atoms with E-state index < -0.39 is 0 Å². The lowest BCUT2D eigenvalue weighted by molar-refractivity contribution is 0.197. The Morgan fingerprint density at radius 2 is 1.95 bits per heavy atom. The topological polar surface area (TPSA) is 59.9 Å². The molecule has 2 aliphatic rings. The number of hydrogen-bond acceptors (Lipinski definition) is 3. The van der Waals surface area contributed by atoms with Gasteiger partial charge in [0.05, 0.1) is 13.2 Å². The van der Waals surface area contributed by atoms with E-state index in [-0.39, 0.29) is 30.6 Å². The van der Waals surface area contributed by atoms with Gasteiger partial charge in [0.15, 0.2) is 5.96 Å². The molecule has 0 aromatic heterocycles. The third-order valence-electron chi connectivity index (χ3n) is 3.65. The molecule has 3 N–H and O–H groups in total. The summed E-state index contributed by atoms with van der Waals surface area (Å²) in [6.45, 7) is 5.92. The minimum absolute atomic E-state index is 0. The van der Waals surface area contributed by atoms with Crippen molar-refractivity contribution < 1.29 is 5.11 Å². The summed E-state index contributed by atoms with van der Waals surface area (Å²) in [7, 11) is 0. The molecule has 1 aliphatic heterocycles. The maximum absolute atomic E-state index is 8.82. The van der Waals surface area contributed by atoms with Crippen LogP contribution in [0.25, 0.3) is 0 Å². The molecule has 6 heteroatoms. The molecule has 0 atom stereocenters. The van der Waals surface area contributed by atoms with Crippen LogP contribution in [0.5, 0.6) is 0 Å². The van der Waals surface area contributed by atoms with Gasteiger partial charge in [0, 0.05) is 31.7 Å². The number of piperidine rings is 1. The Bertz CT molecular complexity index is 276. The zero-order valence-corrected chi connectivity index (χ0v) is 14.1. The van der Waals surface area contributed by atoms with Crippen LogP contribution < -0.4 is 10.6 Å². The second kappa shape index (κ2) is 8.97. The van der Waals surface area contributed by atoms with Crippen molar-refractivity contribution in [3.63, 3.8) is 0 Å². The molecule has 1 aliphatic carbocycles. The Hall–Kier alpha value is -0.0800. The van der Waals surface area contributed by atoms with Gasteiger partial charge in [0.2, 0.25) is 0 Å². The van der Waals surface area contributed by atoms with Crippen LogP contribution in [-0.4, -0.2) is 60.8 Å². The smallest absolute Gasteiger partial charge is 0.191 e. The van der Waals surface area contributed by atoms with Crippen LogP contribution in [0.4, 0.5) is 0 Å². The van der Waals surface area contributed by atoms with Crippen molar-refractivity contribution >= 4 is 29.9 Å². The number of rotatable bonds is 5. The number of guanidine groups is 1. The van der Waals surface area contributed by atoms with E-state index in [1.807, 2.05) is 0 Å². The number of aliphatic imine (C=N–C) groups is 1. The molecule has 112 valence electrons. The molecule has 0 unspecified atom stereocenters. The predicted molar refractivity (Wildman–Crippen MR) is 89.2 cm³/mol. The Balaban J connectivity index is 0.00000180. The molecule has 19 heavy (non-hydrogen) atoms. The van der Waals surface area contributed by atoms with Gasteiger partial charge >= 0.3 is 0 Å². The number of hydrogen-bond donors (Lipinski definition) is 3. The molecular formula is C13H27IN4O. The van der Waals surface area contributed by atoms with E-state index in [0.29, 0.717) is 12.6 Å². The highest BCUT2D eigenvalue weighted by Gasteiger charge is 2.31. The van der Waals surface area contributed by atoms with Crippen LogP contribution in [0.15, 0.2) is 4.99 Å². The fourth-order valence-electron chi connectivity index (χ4n) is 2.52. The van der Waals surface area contributed by atoms with Crippen molar-refractivity contribution in [1.29, 1.82) is 0 Å². The van der Waals surface area contributed by atoms with E-state index >= 15 is 0 Å². The standard InChI is InChI=1S/C13H26N4O.HI/c1-2-14-13(15-7-10-18)16-11-5-8-17(9-6-11)12-3-4-12;/h11-12,18H,2-10H2,1H3,(H2,14,15,16);1H. The first kappa shape index (κ1) is 17.0. The maximum Gasteiger partial charge on any atom is 0.191 e. The second-order valence-electron chi connectivity index (χ2n) is 5.17. The number of aliphatic hydroxyl groups excluding tert-OH is 1. The predicted octanol–water partition coefficient (Wildman–Crippen LogP) is 0.779. The molecule has 1 saturated heterocycles. The minimum Gasteiger partial charge on any atom is -0.394 e. The van der Waals surface area contributed by atoms with Crippen molar-refractivity contribution in [3.05, 3.63) is 0 Å². The van der Waals surface area contributed by atoms with Gasteiger partial charge in [-0.2, -0.15) is 0 Å². The fraction of sp³-hybridized carbons (Fsp3) is 0.923. The summed E-state index contributed by atoms with van der Waals surface area (Å²) >= 11 is 0. The molecule has 0 amide bonds. The average Bonchev–Trinajstić information content (AvgIpc) is 3.21. The van der Waals surface area contributed by atoms with Gasteiger partial charge in [0.1, 0.15) is 0 Å². The van der Waals surface area contributed by atoms with Crippen molar-refractivity contribution in [3.8, 4) is 0 Å². The van der Waals surface area contributed by atoms with E-state index in [1.54, 1.807) is 0 Å². The molecular weight excluding hydrogens is 355 g/mol. The maximum atomic E-state index is 8.82. The molecule has 2 rings (SSSR count). The lowest BCUT2D eigenvalue weighted by Crippen LogP contribution is -2.49. The summed E-state index contributed by atoms with van der Waals surface area (Å²) in [5.41, 5.74) is 0. The van der Waals surface area contributed by atoms with Crippen LogP contribution in [0.1, 0.15) is 32.6 Å². The first-order chi connectivity index (χ1) is 8.83. The second-order valence-corrected chi connectivity index (χ2v) is 5.17. The number of aliphatic hydroxyl groups is 1. The van der Waals surface area contributed by atoms with E-state index in [1.165, 1.54) is 38.8 Å². The van der Waals surface area contributed by atoms with Gasteiger partial charge in [-0.15, -0.1) is 24.0 Å². The van der Waals surface area contributed by atoms with Crippen LogP contribution >= 0.6 is 24.0 Å². The van der Waals surface area contributed by atoms with Crippen LogP contribution in [0, 0.1) is 0 Å².